The van der Waals surface area contributed by atoms with Crippen LogP contribution in [0.15, 0.2) is 23.6 Å². The van der Waals surface area contributed by atoms with Gasteiger partial charge in [-0.3, -0.25) is 0 Å². The maximum absolute atomic E-state index is 5.25. The molecule has 12 heavy (non-hydrogen) atoms. The van der Waals surface area contributed by atoms with Crippen LogP contribution in [0.4, 0.5) is 0 Å². The van der Waals surface area contributed by atoms with E-state index in [0.29, 0.717) is 5.25 Å². The van der Waals surface area contributed by atoms with E-state index in [4.69, 9.17) is 4.74 Å². The Kier molecular flexibility index (Phi) is 2.58. The van der Waals surface area contributed by atoms with Crippen molar-refractivity contribution in [2.75, 3.05) is 13.2 Å². The zero-order valence-electron chi connectivity index (χ0n) is 6.64. The molecule has 64 valence electrons. The molecular formula is C8H10N2OS. The van der Waals surface area contributed by atoms with E-state index in [1.54, 1.807) is 24.2 Å². The fourth-order valence-corrected chi connectivity index (χ4v) is 2.02. The summed E-state index contributed by atoms with van der Waals surface area (Å²) in [4.78, 5) is 8.28. The van der Waals surface area contributed by atoms with Gasteiger partial charge in [0.1, 0.15) is 0 Å². The van der Waals surface area contributed by atoms with Crippen LogP contribution in [0.5, 0.6) is 0 Å². The molecule has 1 aromatic rings. The molecule has 3 nitrogen and oxygen atoms in total. The normalized spacial score (nSPS) is 22.8. The Morgan fingerprint density at radius 1 is 1.42 bits per heavy atom. The van der Waals surface area contributed by atoms with Crippen molar-refractivity contribution in [1.82, 2.24) is 9.97 Å². The summed E-state index contributed by atoms with van der Waals surface area (Å²) in [5, 5.41) is 1.40. The molecule has 0 bridgehead atoms. The highest BCUT2D eigenvalue weighted by Crippen LogP contribution is 2.24. The average molecular weight is 182 g/mol. The number of thioether (sulfide) groups is 1. The zero-order chi connectivity index (χ0) is 8.23. The van der Waals surface area contributed by atoms with Crippen LogP contribution < -0.4 is 0 Å². The van der Waals surface area contributed by atoms with Crippen LogP contribution in [0.25, 0.3) is 0 Å². The van der Waals surface area contributed by atoms with E-state index < -0.39 is 0 Å². The van der Waals surface area contributed by atoms with E-state index in [2.05, 4.69) is 9.97 Å². The van der Waals surface area contributed by atoms with Crippen LogP contribution in [0.2, 0.25) is 0 Å². The third-order valence-electron chi connectivity index (χ3n) is 1.70. The minimum absolute atomic E-state index is 0.549. The molecule has 1 aliphatic heterocycles. The van der Waals surface area contributed by atoms with Gasteiger partial charge in [0, 0.05) is 24.3 Å². The van der Waals surface area contributed by atoms with Crippen LogP contribution in [-0.4, -0.2) is 28.4 Å². The second-order valence-corrected chi connectivity index (χ2v) is 3.90. The Morgan fingerprint density at radius 2 is 2.25 bits per heavy atom. The molecule has 0 radical (unpaired) electrons. The topological polar surface area (TPSA) is 35.0 Å². The van der Waals surface area contributed by atoms with E-state index >= 15 is 0 Å². The lowest BCUT2D eigenvalue weighted by Crippen LogP contribution is -2.01. The summed E-state index contributed by atoms with van der Waals surface area (Å²) >= 11 is 1.70. The van der Waals surface area contributed by atoms with E-state index in [-0.39, 0.29) is 0 Å². The molecule has 2 heterocycles. The van der Waals surface area contributed by atoms with Gasteiger partial charge in [-0.15, -0.1) is 0 Å². The summed E-state index contributed by atoms with van der Waals surface area (Å²) in [5.41, 5.74) is 0. The summed E-state index contributed by atoms with van der Waals surface area (Å²) in [5.74, 6) is 0. The van der Waals surface area contributed by atoms with Gasteiger partial charge in [0.25, 0.3) is 0 Å². The van der Waals surface area contributed by atoms with Gasteiger partial charge >= 0.3 is 0 Å². The highest BCUT2D eigenvalue weighted by Gasteiger charge is 2.17. The average Bonchev–Trinajstić information content (AvgIpc) is 2.59. The lowest BCUT2D eigenvalue weighted by Gasteiger charge is -2.03. The largest absolute Gasteiger partial charge is 0.380 e. The van der Waals surface area contributed by atoms with Crippen molar-refractivity contribution in [3.8, 4) is 0 Å². The molecule has 1 aromatic heterocycles. The van der Waals surface area contributed by atoms with Crippen LogP contribution >= 0.6 is 11.8 Å². The first-order valence-corrected chi connectivity index (χ1v) is 4.84. The Labute approximate surface area is 75.6 Å². The summed E-state index contributed by atoms with van der Waals surface area (Å²) in [6.45, 7) is 1.72. The van der Waals surface area contributed by atoms with Gasteiger partial charge in [-0.05, 0) is 12.5 Å². The predicted octanol–water partition coefficient (Wildman–Crippen LogP) is 1.36. The van der Waals surface area contributed by atoms with Crippen molar-refractivity contribution in [1.29, 1.82) is 0 Å². The maximum atomic E-state index is 5.25. The Hall–Kier alpha value is -0.610. The molecule has 1 saturated heterocycles. The van der Waals surface area contributed by atoms with Crippen LogP contribution in [0.3, 0.4) is 0 Å². The molecule has 1 atom stereocenters. The van der Waals surface area contributed by atoms with Gasteiger partial charge in [0.05, 0.1) is 6.61 Å². The highest BCUT2D eigenvalue weighted by molar-refractivity contribution is 7.99. The molecular weight excluding hydrogens is 172 g/mol. The van der Waals surface area contributed by atoms with Gasteiger partial charge < -0.3 is 4.74 Å². The minimum Gasteiger partial charge on any atom is -0.380 e. The summed E-state index contributed by atoms with van der Waals surface area (Å²) < 4.78 is 5.25. The number of rotatable bonds is 2. The Balaban J connectivity index is 1.94. The van der Waals surface area contributed by atoms with Crippen molar-refractivity contribution in [2.24, 2.45) is 0 Å². The predicted molar refractivity (Wildman–Crippen MR) is 47.1 cm³/mol. The summed E-state index contributed by atoms with van der Waals surface area (Å²) in [7, 11) is 0. The second kappa shape index (κ2) is 3.87. The Morgan fingerprint density at radius 3 is 2.92 bits per heavy atom. The summed E-state index contributed by atoms with van der Waals surface area (Å²) in [6, 6.07) is 1.83. The SMILES string of the molecule is c1cnc(SC2CCOC2)nc1. The number of hydrogen-bond donors (Lipinski definition) is 0. The first-order chi connectivity index (χ1) is 5.95. The van der Waals surface area contributed by atoms with Crippen molar-refractivity contribution in [2.45, 2.75) is 16.8 Å². The lowest BCUT2D eigenvalue weighted by molar-refractivity contribution is 0.199. The van der Waals surface area contributed by atoms with E-state index in [9.17, 15) is 0 Å². The standard InChI is InChI=1S/C8H10N2OS/c1-3-9-8(10-4-1)12-7-2-5-11-6-7/h1,3-4,7H,2,5-6H2. The van der Waals surface area contributed by atoms with Crippen molar-refractivity contribution in [3.05, 3.63) is 18.5 Å². The number of ether oxygens (including phenoxy) is 1. The monoisotopic (exact) mass is 182 g/mol. The molecule has 0 saturated carbocycles. The molecule has 2 rings (SSSR count). The first kappa shape index (κ1) is 8.01. The number of hydrogen-bond acceptors (Lipinski definition) is 4. The van der Waals surface area contributed by atoms with Crippen LogP contribution in [0, 0.1) is 0 Å². The quantitative estimate of drug-likeness (QED) is 0.647. The molecule has 0 aromatic carbocycles. The minimum atomic E-state index is 0.549. The molecule has 1 aliphatic rings. The summed E-state index contributed by atoms with van der Waals surface area (Å²) in [6.07, 6.45) is 4.65. The Bertz CT molecular complexity index is 236. The van der Waals surface area contributed by atoms with Crippen molar-refractivity contribution in [3.63, 3.8) is 0 Å². The highest BCUT2D eigenvalue weighted by atomic mass is 32.2. The second-order valence-electron chi connectivity index (χ2n) is 2.63. The van der Waals surface area contributed by atoms with Gasteiger partial charge in [0.2, 0.25) is 0 Å². The fourth-order valence-electron chi connectivity index (χ4n) is 1.10. The smallest absolute Gasteiger partial charge is 0.187 e. The van der Waals surface area contributed by atoms with E-state index in [1.165, 1.54) is 0 Å². The van der Waals surface area contributed by atoms with E-state index in [1.807, 2.05) is 6.07 Å². The van der Waals surface area contributed by atoms with Gasteiger partial charge in [-0.1, -0.05) is 11.8 Å². The molecule has 0 N–H and O–H groups in total. The molecule has 0 aliphatic carbocycles. The van der Waals surface area contributed by atoms with Gasteiger partial charge in [-0.2, -0.15) is 0 Å². The number of nitrogens with zero attached hydrogens (tertiary/aromatic N) is 2. The molecule has 0 amide bonds. The van der Waals surface area contributed by atoms with Gasteiger partial charge in [0.15, 0.2) is 5.16 Å². The van der Waals surface area contributed by atoms with E-state index in [0.717, 1.165) is 24.8 Å². The van der Waals surface area contributed by atoms with Crippen molar-refractivity contribution < 1.29 is 4.74 Å². The third-order valence-corrected chi connectivity index (χ3v) is 2.83. The van der Waals surface area contributed by atoms with Crippen molar-refractivity contribution >= 4 is 11.8 Å². The third kappa shape index (κ3) is 1.95. The maximum Gasteiger partial charge on any atom is 0.187 e. The fraction of sp³-hybridized carbons (Fsp3) is 0.500. The zero-order valence-corrected chi connectivity index (χ0v) is 7.46. The first-order valence-electron chi connectivity index (χ1n) is 3.96. The lowest BCUT2D eigenvalue weighted by atomic mass is 10.4. The van der Waals surface area contributed by atoms with Gasteiger partial charge in [-0.25, -0.2) is 9.97 Å². The molecule has 1 fully saturated rings. The number of aromatic nitrogens is 2. The molecule has 4 heteroatoms. The van der Waals surface area contributed by atoms with Crippen LogP contribution in [0.1, 0.15) is 6.42 Å². The van der Waals surface area contributed by atoms with Crippen LogP contribution in [-0.2, 0) is 4.74 Å². The molecule has 1 unspecified atom stereocenters. The molecule has 0 spiro atoms.